The first-order chi connectivity index (χ1) is 10.4. The topological polar surface area (TPSA) is 74.8 Å². The minimum absolute atomic E-state index is 0.214. The van der Waals surface area contributed by atoms with Gasteiger partial charge >= 0.3 is 0 Å². The molecule has 1 aromatic carbocycles. The van der Waals surface area contributed by atoms with E-state index in [4.69, 9.17) is 11.6 Å². The van der Waals surface area contributed by atoms with Crippen LogP contribution in [0.15, 0.2) is 42.7 Å². The molecule has 114 valence electrons. The third-order valence-electron chi connectivity index (χ3n) is 3.23. The number of sulfonamides is 1. The number of aromatic amines is 1. The molecule has 3 rings (SSSR count). The van der Waals surface area contributed by atoms with Crippen LogP contribution in [0.2, 0.25) is 5.02 Å². The molecule has 0 amide bonds. The summed E-state index contributed by atoms with van der Waals surface area (Å²) >= 11 is 5.99. The maximum Gasteiger partial charge on any atom is 0.209 e. The van der Waals surface area contributed by atoms with Crippen LogP contribution in [0.3, 0.4) is 0 Å². The zero-order chi connectivity index (χ0) is 15.7. The number of H-pyrrole nitrogens is 1. The summed E-state index contributed by atoms with van der Waals surface area (Å²) in [5.41, 5.74) is 3.54. The number of hydrogen-bond acceptors (Lipinski definition) is 3. The number of halogens is 1. The van der Waals surface area contributed by atoms with Crippen LogP contribution >= 0.6 is 11.6 Å². The fourth-order valence-corrected chi connectivity index (χ4v) is 2.80. The van der Waals surface area contributed by atoms with Gasteiger partial charge in [0.05, 0.1) is 6.26 Å². The number of rotatable bonds is 4. The maximum absolute atomic E-state index is 11.2. The number of fused-ring (bicyclic) bond motifs is 1. The lowest BCUT2D eigenvalue weighted by molar-refractivity contribution is 0.587. The van der Waals surface area contributed by atoms with E-state index in [1.54, 1.807) is 12.4 Å². The normalized spacial score (nSPS) is 11.9. The van der Waals surface area contributed by atoms with E-state index in [2.05, 4.69) is 14.7 Å². The molecular weight excluding hydrogens is 322 g/mol. The highest BCUT2D eigenvalue weighted by Gasteiger charge is 2.07. The summed E-state index contributed by atoms with van der Waals surface area (Å²) in [4.78, 5) is 7.46. The zero-order valence-corrected chi connectivity index (χ0v) is 13.4. The van der Waals surface area contributed by atoms with E-state index in [0.717, 1.165) is 34.0 Å². The van der Waals surface area contributed by atoms with Gasteiger partial charge in [0, 0.05) is 46.1 Å². The Labute approximate surface area is 133 Å². The Balaban J connectivity index is 1.93. The summed E-state index contributed by atoms with van der Waals surface area (Å²) in [5, 5.41) is 1.73. The number of benzene rings is 1. The largest absolute Gasteiger partial charge is 0.354 e. The highest BCUT2D eigenvalue weighted by Crippen LogP contribution is 2.26. The first-order valence-corrected chi connectivity index (χ1v) is 8.85. The van der Waals surface area contributed by atoms with Crippen molar-refractivity contribution in [3.63, 3.8) is 0 Å². The summed E-state index contributed by atoms with van der Waals surface area (Å²) in [5.74, 6) is 0. The molecule has 2 aromatic heterocycles. The SMILES string of the molecule is CS(=O)(=O)NCc1cncc(-c2cc3ccc(Cl)cc3[nH]2)c1. The molecular formula is C15H14ClN3O2S. The molecule has 2 heterocycles. The summed E-state index contributed by atoms with van der Waals surface area (Å²) in [6.45, 7) is 0.214. The van der Waals surface area contributed by atoms with E-state index < -0.39 is 10.0 Å². The zero-order valence-electron chi connectivity index (χ0n) is 11.8. The van der Waals surface area contributed by atoms with Crippen molar-refractivity contribution in [2.24, 2.45) is 0 Å². The van der Waals surface area contributed by atoms with Crippen molar-refractivity contribution in [2.75, 3.05) is 6.26 Å². The van der Waals surface area contributed by atoms with E-state index in [1.165, 1.54) is 0 Å². The van der Waals surface area contributed by atoms with Crippen LogP contribution in [0.5, 0.6) is 0 Å². The summed E-state index contributed by atoms with van der Waals surface area (Å²) in [7, 11) is -3.23. The van der Waals surface area contributed by atoms with Gasteiger partial charge in [-0.3, -0.25) is 4.98 Å². The van der Waals surface area contributed by atoms with E-state index in [-0.39, 0.29) is 6.54 Å². The second kappa shape index (κ2) is 5.72. The highest BCUT2D eigenvalue weighted by molar-refractivity contribution is 7.88. The predicted octanol–water partition coefficient (Wildman–Crippen LogP) is 2.93. The molecule has 2 N–H and O–H groups in total. The molecule has 0 fully saturated rings. The van der Waals surface area contributed by atoms with Crippen LogP contribution in [0.4, 0.5) is 0 Å². The van der Waals surface area contributed by atoms with Crippen molar-refractivity contribution in [2.45, 2.75) is 6.54 Å². The van der Waals surface area contributed by atoms with Gasteiger partial charge in [0.25, 0.3) is 0 Å². The number of aromatic nitrogens is 2. The Morgan fingerprint density at radius 1 is 1.23 bits per heavy atom. The lowest BCUT2D eigenvalue weighted by Gasteiger charge is -2.04. The van der Waals surface area contributed by atoms with Gasteiger partial charge < -0.3 is 4.98 Å². The van der Waals surface area contributed by atoms with Crippen molar-refractivity contribution >= 4 is 32.5 Å². The fourth-order valence-electron chi connectivity index (χ4n) is 2.20. The van der Waals surface area contributed by atoms with Crippen LogP contribution in [-0.4, -0.2) is 24.6 Å². The summed E-state index contributed by atoms with van der Waals surface area (Å²) in [6, 6.07) is 9.56. The van der Waals surface area contributed by atoms with Crippen LogP contribution in [-0.2, 0) is 16.6 Å². The van der Waals surface area contributed by atoms with Gasteiger partial charge in [0.15, 0.2) is 0 Å². The second-order valence-electron chi connectivity index (χ2n) is 5.09. The Bertz CT molecular complexity index is 935. The van der Waals surface area contributed by atoms with Crippen molar-refractivity contribution in [1.82, 2.24) is 14.7 Å². The molecule has 0 unspecified atom stereocenters. The van der Waals surface area contributed by atoms with Crippen LogP contribution in [0.1, 0.15) is 5.56 Å². The van der Waals surface area contributed by atoms with E-state index >= 15 is 0 Å². The van der Waals surface area contributed by atoms with Gasteiger partial charge in [-0.1, -0.05) is 17.7 Å². The molecule has 5 nitrogen and oxygen atoms in total. The quantitative estimate of drug-likeness (QED) is 0.769. The molecule has 0 atom stereocenters. The Morgan fingerprint density at radius 3 is 2.82 bits per heavy atom. The molecule has 0 aliphatic heterocycles. The van der Waals surface area contributed by atoms with Crippen molar-refractivity contribution in [3.05, 3.63) is 53.3 Å². The van der Waals surface area contributed by atoms with Gasteiger partial charge in [-0.25, -0.2) is 13.1 Å². The molecule has 0 aliphatic rings. The standard InChI is InChI=1S/C15H14ClN3O2S/c1-22(20,21)18-8-10-4-12(9-17-7-10)14-5-11-2-3-13(16)6-15(11)19-14/h2-7,9,18-19H,8H2,1H3. The first-order valence-electron chi connectivity index (χ1n) is 6.58. The number of hydrogen-bond donors (Lipinski definition) is 2. The van der Waals surface area contributed by atoms with Gasteiger partial charge in [-0.2, -0.15) is 0 Å². The van der Waals surface area contributed by atoms with Gasteiger partial charge in [0.1, 0.15) is 0 Å². The molecule has 0 spiro atoms. The maximum atomic E-state index is 11.2. The van der Waals surface area contributed by atoms with Crippen LogP contribution < -0.4 is 4.72 Å². The number of pyridine rings is 1. The lowest BCUT2D eigenvalue weighted by atomic mass is 10.1. The molecule has 22 heavy (non-hydrogen) atoms. The highest BCUT2D eigenvalue weighted by atomic mass is 35.5. The summed E-state index contributed by atoms with van der Waals surface area (Å²) < 4.78 is 24.8. The molecule has 0 saturated heterocycles. The second-order valence-corrected chi connectivity index (χ2v) is 7.36. The van der Waals surface area contributed by atoms with Crippen molar-refractivity contribution < 1.29 is 8.42 Å². The number of nitrogens with zero attached hydrogens (tertiary/aromatic N) is 1. The van der Waals surface area contributed by atoms with E-state index in [9.17, 15) is 8.42 Å². The van der Waals surface area contributed by atoms with Gasteiger partial charge in [0.2, 0.25) is 10.0 Å². The van der Waals surface area contributed by atoms with Crippen LogP contribution in [0, 0.1) is 0 Å². The average Bonchev–Trinajstić information content (AvgIpc) is 2.88. The Kier molecular flexibility index (Phi) is 3.90. The van der Waals surface area contributed by atoms with E-state index in [1.807, 2.05) is 30.3 Å². The average molecular weight is 336 g/mol. The smallest absolute Gasteiger partial charge is 0.209 e. The third kappa shape index (κ3) is 3.47. The number of nitrogens with one attached hydrogen (secondary N) is 2. The molecule has 0 saturated carbocycles. The van der Waals surface area contributed by atoms with Crippen LogP contribution in [0.25, 0.3) is 22.2 Å². The molecule has 3 aromatic rings. The van der Waals surface area contributed by atoms with Gasteiger partial charge in [-0.05, 0) is 29.8 Å². The summed E-state index contributed by atoms with van der Waals surface area (Å²) in [6.07, 6.45) is 4.50. The Hall–Kier alpha value is -1.89. The minimum Gasteiger partial charge on any atom is -0.354 e. The Morgan fingerprint density at radius 2 is 2.05 bits per heavy atom. The van der Waals surface area contributed by atoms with Gasteiger partial charge in [-0.15, -0.1) is 0 Å². The van der Waals surface area contributed by atoms with Crippen molar-refractivity contribution in [3.8, 4) is 11.3 Å². The fraction of sp³-hybridized carbons (Fsp3) is 0.133. The van der Waals surface area contributed by atoms with Crippen molar-refractivity contribution in [1.29, 1.82) is 0 Å². The monoisotopic (exact) mass is 335 g/mol. The first kappa shape index (κ1) is 15.0. The molecule has 0 radical (unpaired) electrons. The predicted molar refractivity (Wildman–Crippen MR) is 88.2 cm³/mol. The molecule has 0 aliphatic carbocycles. The lowest BCUT2D eigenvalue weighted by Crippen LogP contribution is -2.21. The molecule has 7 heteroatoms. The van der Waals surface area contributed by atoms with E-state index in [0.29, 0.717) is 5.02 Å². The third-order valence-corrected chi connectivity index (χ3v) is 4.13. The minimum atomic E-state index is -3.23. The molecule has 0 bridgehead atoms.